The van der Waals surface area contributed by atoms with Crippen molar-refractivity contribution in [2.75, 3.05) is 6.54 Å². The van der Waals surface area contributed by atoms with Gasteiger partial charge >= 0.3 is 6.03 Å². The summed E-state index contributed by atoms with van der Waals surface area (Å²) in [5.74, 6) is -0.0172. The highest BCUT2D eigenvalue weighted by atomic mass is 32.1. The number of benzene rings is 1. The molecule has 0 radical (unpaired) electrons. The summed E-state index contributed by atoms with van der Waals surface area (Å²) in [4.78, 5) is 27.8. The van der Waals surface area contributed by atoms with Crippen LogP contribution in [0.4, 0.5) is 4.79 Å². The third kappa shape index (κ3) is 2.59. The number of nitrogens with one attached hydrogen (secondary N) is 2. The van der Waals surface area contributed by atoms with Crippen LogP contribution < -0.4 is 10.6 Å². The van der Waals surface area contributed by atoms with Gasteiger partial charge in [0.1, 0.15) is 0 Å². The fourth-order valence-electron chi connectivity index (χ4n) is 3.16. The van der Waals surface area contributed by atoms with E-state index in [4.69, 9.17) is 0 Å². The first-order chi connectivity index (χ1) is 11.6. The van der Waals surface area contributed by atoms with Crippen LogP contribution in [-0.4, -0.2) is 23.4 Å². The highest BCUT2D eigenvalue weighted by Gasteiger charge is 2.40. The number of thiophene rings is 1. The fraction of sp³-hybridized carbons (Fsp3) is 0.222. The number of urea groups is 1. The zero-order valence-electron chi connectivity index (χ0n) is 13.2. The molecule has 24 heavy (non-hydrogen) atoms. The van der Waals surface area contributed by atoms with Gasteiger partial charge in [0.05, 0.1) is 30.4 Å². The topological polar surface area (TPSA) is 61.4 Å². The molecule has 1 atom stereocenters. The molecular weight excluding hydrogens is 322 g/mol. The Hall–Kier alpha value is -2.60. The number of hydrogen-bond acceptors (Lipinski definition) is 3. The molecule has 2 aromatic rings. The Labute approximate surface area is 144 Å². The van der Waals surface area contributed by atoms with Gasteiger partial charge in [-0.2, -0.15) is 0 Å². The van der Waals surface area contributed by atoms with E-state index in [2.05, 4.69) is 10.6 Å². The van der Waals surface area contributed by atoms with Crippen LogP contribution in [-0.2, 0) is 11.3 Å². The molecule has 2 aliphatic heterocycles. The minimum Gasteiger partial charge on any atom is -0.328 e. The summed E-state index contributed by atoms with van der Waals surface area (Å²) in [5.41, 5.74) is 3.43. The van der Waals surface area contributed by atoms with Gasteiger partial charge in [-0.15, -0.1) is 11.3 Å². The minimum absolute atomic E-state index is 0.0172. The lowest BCUT2D eigenvalue weighted by molar-refractivity contribution is -0.126. The highest BCUT2D eigenvalue weighted by Crippen LogP contribution is 2.33. The molecule has 5 nitrogen and oxygen atoms in total. The Balaban J connectivity index is 1.64. The molecule has 0 saturated heterocycles. The van der Waals surface area contributed by atoms with Crippen molar-refractivity contribution in [1.29, 1.82) is 0 Å². The van der Waals surface area contributed by atoms with Crippen molar-refractivity contribution in [3.63, 3.8) is 0 Å². The number of aryl methyl sites for hydroxylation is 1. The van der Waals surface area contributed by atoms with Crippen molar-refractivity contribution in [3.05, 3.63) is 69.1 Å². The summed E-state index contributed by atoms with van der Waals surface area (Å²) in [6.07, 6.45) is 0. The smallest absolute Gasteiger partial charge is 0.319 e. The van der Waals surface area contributed by atoms with Crippen LogP contribution in [0.2, 0.25) is 0 Å². The monoisotopic (exact) mass is 339 g/mol. The van der Waals surface area contributed by atoms with Gasteiger partial charge in [0.2, 0.25) is 0 Å². The number of hydrogen-bond donors (Lipinski definition) is 2. The molecule has 1 aromatic carbocycles. The molecule has 0 bridgehead atoms. The molecule has 2 N–H and O–H groups in total. The van der Waals surface area contributed by atoms with E-state index < -0.39 is 6.04 Å². The Morgan fingerprint density at radius 1 is 1.21 bits per heavy atom. The van der Waals surface area contributed by atoms with Crippen molar-refractivity contribution in [2.45, 2.75) is 19.5 Å². The summed E-state index contributed by atoms with van der Waals surface area (Å²) in [5, 5.41) is 7.68. The van der Waals surface area contributed by atoms with E-state index in [1.54, 1.807) is 16.2 Å². The van der Waals surface area contributed by atoms with Crippen molar-refractivity contribution >= 4 is 23.3 Å². The number of rotatable bonds is 3. The van der Waals surface area contributed by atoms with E-state index in [1.165, 1.54) is 0 Å². The van der Waals surface area contributed by atoms with Crippen LogP contribution >= 0.6 is 11.3 Å². The molecule has 3 heterocycles. The van der Waals surface area contributed by atoms with Crippen LogP contribution in [0.15, 0.2) is 53.0 Å². The van der Waals surface area contributed by atoms with Gasteiger partial charge in [-0.25, -0.2) is 4.79 Å². The van der Waals surface area contributed by atoms with E-state index in [0.29, 0.717) is 24.4 Å². The van der Waals surface area contributed by atoms with Gasteiger partial charge in [-0.05, 0) is 23.9 Å². The highest BCUT2D eigenvalue weighted by molar-refractivity contribution is 7.09. The average Bonchev–Trinajstić information content (AvgIpc) is 3.17. The Morgan fingerprint density at radius 2 is 2.00 bits per heavy atom. The third-order valence-electron chi connectivity index (χ3n) is 4.36. The van der Waals surface area contributed by atoms with Crippen LogP contribution in [0.1, 0.15) is 22.0 Å². The van der Waals surface area contributed by atoms with Gasteiger partial charge in [-0.3, -0.25) is 4.79 Å². The van der Waals surface area contributed by atoms with Crippen LogP contribution in [0, 0.1) is 6.92 Å². The minimum atomic E-state index is -0.393. The van der Waals surface area contributed by atoms with E-state index >= 15 is 0 Å². The first kappa shape index (κ1) is 15.0. The van der Waals surface area contributed by atoms with Crippen LogP contribution in [0.5, 0.6) is 0 Å². The van der Waals surface area contributed by atoms with Gasteiger partial charge < -0.3 is 15.5 Å². The zero-order valence-corrected chi connectivity index (χ0v) is 14.0. The summed E-state index contributed by atoms with van der Waals surface area (Å²) in [6.45, 7) is 3.03. The lowest BCUT2D eigenvalue weighted by Gasteiger charge is -2.25. The summed E-state index contributed by atoms with van der Waals surface area (Å²) in [6, 6.07) is 11.3. The summed E-state index contributed by atoms with van der Waals surface area (Å²) < 4.78 is 0. The van der Waals surface area contributed by atoms with E-state index in [-0.39, 0.29) is 11.9 Å². The predicted octanol–water partition coefficient (Wildman–Crippen LogP) is 2.71. The first-order valence-corrected chi connectivity index (χ1v) is 8.68. The van der Waals surface area contributed by atoms with Crippen molar-refractivity contribution in [2.24, 2.45) is 0 Å². The second-order valence-corrected chi connectivity index (χ2v) is 7.11. The van der Waals surface area contributed by atoms with E-state index in [1.807, 2.05) is 48.7 Å². The van der Waals surface area contributed by atoms with Crippen LogP contribution in [0.3, 0.4) is 0 Å². The summed E-state index contributed by atoms with van der Waals surface area (Å²) >= 11 is 1.63. The second kappa shape index (κ2) is 5.79. The van der Waals surface area contributed by atoms with Gasteiger partial charge in [0.15, 0.2) is 0 Å². The lowest BCUT2D eigenvalue weighted by atomic mass is 9.95. The third-order valence-corrected chi connectivity index (χ3v) is 5.22. The van der Waals surface area contributed by atoms with Crippen molar-refractivity contribution < 1.29 is 9.59 Å². The summed E-state index contributed by atoms with van der Waals surface area (Å²) in [7, 11) is 0. The van der Waals surface area contributed by atoms with Gasteiger partial charge in [0, 0.05) is 4.88 Å². The maximum absolute atomic E-state index is 12.9. The van der Waals surface area contributed by atoms with E-state index in [0.717, 1.165) is 16.0 Å². The average molecular weight is 339 g/mol. The molecule has 2 aliphatic rings. The molecular formula is C18H17N3O2S. The number of carbonyl (C=O) groups is 2. The molecule has 4 rings (SSSR count). The Bertz CT molecular complexity index is 824. The lowest BCUT2D eigenvalue weighted by Crippen LogP contribution is -2.44. The number of amides is 3. The largest absolute Gasteiger partial charge is 0.328 e. The Morgan fingerprint density at radius 3 is 2.71 bits per heavy atom. The Kier molecular flexibility index (Phi) is 3.61. The van der Waals surface area contributed by atoms with E-state index in [9.17, 15) is 9.59 Å². The molecule has 122 valence electrons. The molecule has 3 amide bonds. The SMILES string of the molecule is Cc1ccc([C@H]2NC(=O)NC3=C2C(=O)N(Cc2cccs2)C3)cc1. The van der Waals surface area contributed by atoms with Crippen molar-refractivity contribution in [1.82, 2.24) is 15.5 Å². The quantitative estimate of drug-likeness (QED) is 0.903. The maximum atomic E-state index is 12.9. The molecule has 0 fully saturated rings. The van der Waals surface area contributed by atoms with Crippen LogP contribution in [0.25, 0.3) is 0 Å². The van der Waals surface area contributed by atoms with Crippen molar-refractivity contribution in [3.8, 4) is 0 Å². The first-order valence-electron chi connectivity index (χ1n) is 7.80. The zero-order chi connectivity index (χ0) is 16.7. The number of carbonyl (C=O) groups excluding carboxylic acids is 2. The molecule has 1 aromatic heterocycles. The second-order valence-electron chi connectivity index (χ2n) is 6.07. The normalized spacial score (nSPS) is 20.0. The van der Waals surface area contributed by atoms with Gasteiger partial charge in [-0.1, -0.05) is 35.9 Å². The predicted molar refractivity (Wildman–Crippen MR) is 92.3 cm³/mol. The molecule has 0 saturated carbocycles. The number of nitrogens with zero attached hydrogens (tertiary/aromatic N) is 1. The molecule has 0 aliphatic carbocycles. The van der Waals surface area contributed by atoms with Gasteiger partial charge in [0.25, 0.3) is 5.91 Å². The maximum Gasteiger partial charge on any atom is 0.319 e. The standard InChI is InChI=1S/C18H17N3O2S/c1-11-4-6-12(7-5-11)16-15-14(19-18(23)20-16)10-21(17(15)22)9-13-3-2-8-24-13/h2-8,16H,9-10H2,1H3,(H2,19,20,23)/t16-/m1/s1. The molecule has 0 spiro atoms. The molecule has 6 heteroatoms. The fourth-order valence-corrected chi connectivity index (χ4v) is 3.87. The molecule has 0 unspecified atom stereocenters.